The Morgan fingerprint density at radius 1 is 1.31 bits per heavy atom. The van der Waals surface area contributed by atoms with Gasteiger partial charge >= 0.3 is 0 Å². The topological polar surface area (TPSA) is 38.7 Å². The van der Waals surface area contributed by atoms with Gasteiger partial charge in [-0.25, -0.2) is 0 Å². The van der Waals surface area contributed by atoms with Crippen molar-refractivity contribution >= 4 is 0 Å². The van der Waals surface area contributed by atoms with Crippen molar-refractivity contribution in [3.63, 3.8) is 0 Å². The number of ether oxygens (including phenoxy) is 2. The lowest BCUT2D eigenvalue weighted by atomic mass is 10.1. The van der Waals surface area contributed by atoms with Gasteiger partial charge in [0.05, 0.1) is 12.9 Å². The van der Waals surface area contributed by atoms with Crippen molar-refractivity contribution in [2.75, 3.05) is 0 Å². The van der Waals surface area contributed by atoms with Gasteiger partial charge in [-0.15, -0.1) is 0 Å². The molecule has 1 aromatic carbocycles. The highest BCUT2D eigenvalue weighted by atomic mass is 16.5. The highest BCUT2D eigenvalue weighted by Gasteiger charge is 2.28. The van der Waals surface area contributed by atoms with E-state index in [1.165, 1.54) is 6.26 Å². The first-order valence-corrected chi connectivity index (χ1v) is 5.43. The molecule has 3 heteroatoms. The molecule has 0 bridgehead atoms. The lowest BCUT2D eigenvalue weighted by molar-refractivity contribution is -0.102. The van der Waals surface area contributed by atoms with Crippen LogP contribution in [0, 0.1) is 0 Å². The van der Waals surface area contributed by atoms with Crippen LogP contribution in [0.4, 0.5) is 0 Å². The van der Waals surface area contributed by atoms with Gasteiger partial charge in [0.1, 0.15) is 18.3 Å². The van der Waals surface area contributed by atoms with Gasteiger partial charge in [-0.3, -0.25) is 0 Å². The van der Waals surface area contributed by atoms with Gasteiger partial charge in [-0.2, -0.15) is 0 Å². The van der Waals surface area contributed by atoms with Crippen molar-refractivity contribution in [1.29, 1.82) is 0 Å². The van der Waals surface area contributed by atoms with Crippen LogP contribution >= 0.6 is 0 Å². The first-order valence-electron chi connectivity index (χ1n) is 5.43. The Labute approximate surface area is 95.3 Å². The molecule has 2 rings (SSSR count). The van der Waals surface area contributed by atoms with Crippen LogP contribution in [0.15, 0.2) is 42.7 Å². The second-order valence-electron chi connectivity index (χ2n) is 3.92. The van der Waals surface area contributed by atoms with Crippen LogP contribution in [-0.4, -0.2) is 23.4 Å². The van der Waals surface area contributed by atoms with E-state index in [9.17, 15) is 5.11 Å². The second-order valence-corrected chi connectivity index (χ2v) is 3.92. The van der Waals surface area contributed by atoms with Gasteiger partial charge in [-0.1, -0.05) is 30.3 Å². The lowest BCUT2D eigenvalue weighted by Gasteiger charge is -2.29. The van der Waals surface area contributed by atoms with Gasteiger partial charge in [-0.05, 0) is 18.6 Å². The summed E-state index contributed by atoms with van der Waals surface area (Å²) in [5.74, 6) is 0. The van der Waals surface area contributed by atoms with E-state index >= 15 is 0 Å². The zero-order valence-electron chi connectivity index (χ0n) is 9.24. The molecule has 0 unspecified atom stereocenters. The van der Waals surface area contributed by atoms with E-state index in [1.54, 1.807) is 6.08 Å². The van der Waals surface area contributed by atoms with E-state index in [0.717, 1.165) is 5.56 Å². The maximum Gasteiger partial charge on any atom is 0.124 e. The average Bonchev–Trinajstić information content (AvgIpc) is 2.30. The summed E-state index contributed by atoms with van der Waals surface area (Å²) in [6.45, 7) is 2.38. The summed E-state index contributed by atoms with van der Waals surface area (Å²) in [5, 5.41) is 9.73. The first kappa shape index (κ1) is 11.2. The molecule has 1 aromatic rings. The van der Waals surface area contributed by atoms with Crippen LogP contribution in [0.1, 0.15) is 12.5 Å². The molecule has 1 aliphatic rings. The van der Waals surface area contributed by atoms with Crippen LogP contribution < -0.4 is 0 Å². The van der Waals surface area contributed by atoms with E-state index in [0.29, 0.717) is 6.61 Å². The summed E-state index contributed by atoms with van der Waals surface area (Å²) < 4.78 is 11.0. The zero-order valence-corrected chi connectivity index (χ0v) is 9.24. The SMILES string of the molecule is C[C@H]1OC=C[C@H](O)[C@H]1OCc1ccccc1. The lowest BCUT2D eigenvalue weighted by Crippen LogP contribution is -2.40. The van der Waals surface area contributed by atoms with E-state index in [4.69, 9.17) is 9.47 Å². The molecule has 0 saturated carbocycles. The van der Waals surface area contributed by atoms with Gasteiger partial charge in [0.25, 0.3) is 0 Å². The third-order valence-electron chi connectivity index (χ3n) is 2.65. The van der Waals surface area contributed by atoms with Crippen LogP contribution in [0.5, 0.6) is 0 Å². The minimum Gasteiger partial charge on any atom is -0.496 e. The molecule has 0 aromatic heterocycles. The molecule has 0 fully saturated rings. The molecule has 0 aliphatic carbocycles. The number of hydrogen-bond acceptors (Lipinski definition) is 3. The van der Waals surface area contributed by atoms with Crippen molar-refractivity contribution in [1.82, 2.24) is 0 Å². The number of hydrogen-bond donors (Lipinski definition) is 1. The Bertz CT molecular complexity index is 347. The molecule has 0 spiro atoms. The number of aliphatic hydroxyl groups is 1. The molecular weight excluding hydrogens is 204 g/mol. The number of benzene rings is 1. The summed E-state index contributed by atoms with van der Waals surface area (Å²) in [7, 11) is 0. The summed E-state index contributed by atoms with van der Waals surface area (Å²) in [4.78, 5) is 0. The van der Waals surface area contributed by atoms with Gasteiger partial charge in [0, 0.05) is 0 Å². The fourth-order valence-corrected chi connectivity index (χ4v) is 1.72. The number of aliphatic hydroxyl groups excluding tert-OH is 1. The molecule has 86 valence electrons. The third-order valence-corrected chi connectivity index (χ3v) is 2.65. The smallest absolute Gasteiger partial charge is 0.124 e. The maximum atomic E-state index is 9.73. The van der Waals surface area contributed by atoms with Crippen molar-refractivity contribution in [2.24, 2.45) is 0 Å². The normalized spacial score (nSPS) is 28.8. The minimum absolute atomic E-state index is 0.122. The molecule has 1 aliphatic heterocycles. The Morgan fingerprint density at radius 2 is 2.06 bits per heavy atom. The van der Waals surface area contributed by atoms with E-state index in [1.807, 2.05) is 37.3 Å². The molecule has 16 heavy (non-hydrogen) atoms. The molecule has 1 heterocycles. The maximum absolute atomic E-state index is 9.73. The van der Waals surface area contributed by atoms with Crippen LogP contribution in [0.25, 0.3) is 0 Å². The van der Waals surface area contributed by atoms with Gasteiger partial charge in [0.15, 0.2) is 0 Å². The molecule has 3 nitrogen and oxygen atoms in total. The van der Waals surface area contributed by atoms with E-state index in [-0.39, 0.29) is 12.2 Å². The molecule has 0 amide bonds. The molecule has 0 radical (unpaired) electrons. The second kappa shape index (κ2) is 5.14. The highest BCUT2D eigenvalue weighted by molar-refractivity contribution is 5.13. The Kier molecular flexibility index (Phi) is 3.59. The summed E-state index contributed by atoms with van der Waals surface area (Å²) in [6.07, 6.45) is 2.12. The first-order chi connectivity index (χ1) is 7.77. The van der Waals surface area contributed by atoms with Crippen molar-refractivity contribution in [2.45, 2.75) is 31.8 Å². The monoisotopic (exact) mass is 220 g/mol. The van der Waals surface area contributed by atoms with Crippen LogP contribution in [0.3, 0.4) is 0 Å². The van der Waals surface area contributed by atoms with Crippen LogP contribution in [0.2, 0.25) is 0 Å². The van der Waals surface area contributed by atoms with Gasteiger partial charge < -0.3 is 14.6 Å². The minimum atomic E-state index is -0.590. The molecular formula is C13H16O3. The molecule has 1 N–H and O–H groups in total. The number of rotatable bonds is 3. The third kappa shape index (κ3) is 2.62. The quantitative estimate of drug-likeness (QED) is 0.845. The Hall–Kier alpha value is -1.32. The van der Waals surface area contributed by atoms with Crippen molar-refractivity contribution in [3.05, 3.63) is 48.2 Å². The predicted octanol–water partition coefficient (Wildman–Crippen LogP) is 1.87. The Balaban J connectivity index is 1.92. The Morgan fingerprint density at radius 3 is 2.75 bits per heavy atom. The molecule has 3 atom stereocenters. The van der Waals surface area contributed by atoms with Gasteiger partial charge in [0.2, 0.25) is 0 Å². The zero-order chi connectivity index (χ0) is 11.4. The molecule has 0 saturated heterocycles. The highest BCUT2D eigenvalue weighted by Crippen LogP contribution is 2.17. The summed E-state index contributed by atoms with van der Waals surface area (Å²) >= 11 is 0. The largest absolute Gasteiger partial charge is 0.496 e. The van der Waals surface area contributed by atoms with Crippen LogP contribution in [-0.2, 0) is 16.1 Å². The predicted molar refractivity (Wildman–Crippen MR) is 60.7 cm³/mol. The summed E-state index contributed by atoms with van der Waals surface area (Å²) in [5.41, 5.74) is 1.09. The van der Waals surface area contributed by atoms with E-state index < -0.39 is 6.10 Å². The van der Waals surface area contributed by atoms with Crippen molar-refractivity contribution in [3.8, 4) is 0 Å². The van der Waals surface area contributed by atoms with Crippen molar-refractivity contribution < 1.29 is 14.6 Å². The average molecular weight is 220 g/mol. The standard InChI is InChI=1S/C13H16O3/c1-10-13(12(14)7-8-15-10)16-9-11-5-3-2-4-6-11/h2-8,10,12-14H,9H2,1H3/t10-,12+,13+/m1/s1. The fourth-order valence-electron chi connectivity index (χ4n) is 1.72. The van der Waals surface area contributed by atoms with E-state index in [2.05, 4.69) is 0 Å². The summed E-state index contributed by atoms with van der Waals surface area (Å²) in [6, 6.07) is 9.90. The fraction of sp³-hybridized carbons (Fsp3) is 0.385.